The fourth-order valence-corrected chi connectivity index (χ4v) is 3.23. The molecule has 6 nitrogen and oxygen atoms in total. The summed E-state index contributed by atoms with van der Waals surface area (Å²) in [6.45, 7) is 1.77. The fourth-order valence-electron chi connectivity index (χ4n) is 2.08. The van der Waals surface area contributed by atoms with Crippen LogP contribution < -0.4 is 4.72 Å². The van der Waals surface area contributed by atoms with Gasteiger partial charge in [0, 0.05) is 0 Å². The van der Waals surface area contributed by atoms with Gasteiger partial charge in [0.2, 0.25) is 10.0 Å². The lowest BCUT2D eigenvalue weighted by molar-refractivity contribution is 0.498. The molecule has 0 aliphatic rings. The van der Waals surface area contributed by atoms with Crippen LogP contribution in [0.25, 0.3) is 5.69 Å². The first-order valence-electron chi connectivity index (χ1n) is 6.70. The molecule has 1 N–H and O–H groups in total. The number of sulfonamides is 1. The molecule has 3 rings (SSSR count). The van der Waals surface area contributed by atoms with Crippen molar-refractivity contribution < 1.29 is 12.8 Å². The maximum Gasteiger partial charge on any atom is 0.244 e. The Labute approximate surface area is 128 Å². The molecule has 0 bridgehead atoms. The molecule has 114 valence electrons. The van der Waals surface area contributed by atoms with Crippen LogP contribution in [0, 0.1) is 6.92 Å². The van der Waals surface area contributed by atoms with Crippen LogP contribution in [0.3, 0.4) is 0 Å². The number of benzene rings is 1. The van der Waals surface area contributed by atoms with Crippen LogP contribution in [-0.2, 0) is 16.6 Å². The predicted octanol–water partition coefficient (Wildman–Crippen LogP) is 2.25. The topological polar surface area (TPSA) is 77.1 Å². The van der Waals surface area contributed by atoms with Gasteiger partial charge in [-0.1, -0.05) is 18.2 Å². The molecule has 0 aliphatic carbocycles. The number of hydrogen-bond donors (Lipinski definition) is 1. The Morgan fingerprint density at radius 2 is 1.95 bits per heavy atom. The van der Waals surface area contributed by atoms with Gasteiger partial charge in [0.25, 0.3) is 0 Å². The number of nitrogens with zero attached hydrogens (tertiary/aromatic N) is 2. The molecule has 0 atom stereocenters. The highest BCUT2D eigenvalue weighted by atomic mass is 32.2. The third-order valence-electron chi connectivity index (χ3n) is 3.18. The van der Waals surface area contributed by atoms with Gasteiger partial charge in [-0.15, -0.1) is 0 Å². The number of rotatable bonds is 5. The molecule has 0 amide bonds. The summed E-state index contributed by atoms with van der Waals surface area (Å²) in [7, 11) is -3.65. The van der Waals surface area contributed by atoms with Crippen molar-refractivity contribution in [3.8, 4) is 5.69 Å². The largest absolute Gasteiger partial charge is 0.468 e. The summed E-state index contributed by atoms with van der Waals surface area (Å²) in [6.07, 6.45) is 3.01. The highest BCUT2D eigenvalue weighted by molar-refractivity contribution is 7.89. The number of nitrogens with one attached hydrogen (secondary N) is 1. The van der Waals surface area contributed by atoms with Crippen LogP contribution in [0.2, 0.25) is 0 Å². The van der Waals surface area contributed by atoms with Gasteiger partial charge in [0.05, 0.1) is 30.4 Å². The Morgan fingerprint density at radius 1 is 1.18 bits per heavy atom. The van der Waals surface area contributed by atoms with Crippen molar-refractivity contribution in [3.63, 3.8) is 0 Å². The summed E-state index contributed by atoms with van der Waals surface area (Å²) >= 11 is 0. The van der Waals surface area contributed by atoms with Crippen LogP contribution in [-0.4, -0.2) is 18.2 Å². The summed E-state index contributed by atoms with van der Waals surface area (Å²) in [5, 5.41) is 4.27. The number of para-hydroxylation sites is 1. The Balaban J connectivity index is 1.86. The highest BCUT2D eigenvalue weighted by Gasteiger charge is 2.20. The Morgan fingerprint density at radius 3 is 2.64 bits per heavy atom. The molecule has 0 fully saturated rings. The molecule has 0 unspecified atom stereocenters. The van der Waals surface area contributed by atoms with E-state index in [2.05, 4.69) is 9.82 Å². The lowest BCUT2D eigenvalue weighted by atomic mass is 10.3. The van der Waals surface area contributed by atoms with E-state index in [1.807, 2.05) is 30.3 Å². The zero-order valence-electron chi connectivity index (χ0n) is 11.9. The lowest BCUT2D eigenvalue weighted by Crippen LogP contribution is -2.23. The minimum atomic E-state index is -3.65. The van der Waals surface area contributed by atoms with E-state index >= 15 is 0 Å². The van der Waals surface area contributed by atoms with Crippen molar-refractivity contribution in [2.24, 2.45) is 0 Å². The van der Waals surface area contributed by atoms with Gasteiger partial charge in [0.15, 0.2) is 0 Å². The highest BCUT2D eigenvalue weighted by Crippen LogP contribution is 2.17. The van der Waals surface area contributed by atoms with E-state index in [1.165, 1.54) is 12.5 Å². The Bertz CT molecular complexity index is 853. The number of aromatic nitrogens is 2. The quantitative estimate of drug-likeness (QED) is 0.783. The zero-order valence-corrected chi connectivity index (χ0v) is 12.7. The summed E-state index contributed by atoms with van der Waals surface area (Å²) in [5.74, 6) is 0.552. The first kappa shape index (κ1) is 14.6. The summed E-state index contributed by atoms with van der Waals surface area (Å²) in [5.41, 5.74) is 1.24. The smallest absolute Gasteiger partial charge is 0.244 e. The monoisotopic (exact) mass is 317 g/mol. The summed E-state index contributed by atoms with van der Waals surface area (Å²) in [6, 6.07) is 12.8. The van der Waals surface area contributed by atoms with Crippen molar-refractivity contribution in [1.29, 1.82) is 0 Å². The number of hydrogen-bond acceptors (Lipinski definition) is 4. The van der Waals surface area contributed by atoms with E-state index in [4.69, 9.17) is 4.42 Å². The second kappa shape index (κ2) is 5.78. The van der Waals surface area contributed by atoms with Gasteiger partial charge in [-0.3, -0.25) is 0 Å². The van der Waals surface area contributed by atoms with Gasteiger partial charge in [-0.2, -0.15) is 5.10 Å². The maximum absolute atomic E-state index is 12.4. The molecular formula is C15H15N3O3S. The van der Waals surface area contributed by atoms with Crippen molar-refractivity contribution in [2.45, 2.75) is 18.4 Å². The third kappa shape index (κ3) is 2.95. The molecule has 22 heavy (non-hydrogen) atoms. The molecule has 2 heterocycles. The van der Waals surface area contributed by atoms with Crippen LogP contribution in [0.5, 0.6) is 0 Å². The fraction of sp³-hybridized carbons (Fsp3) is 0.133. The zero-order chi connectivity index (χ0) is 15.6. The standard InChI is InChI=1S/C15H15N3O3S/c1-12-15(11-18(17-12)13-6-3-2-4-7-13)22(19,20)16-10-14-8-5-9-21-14/h2-9,11,16H,10H2,1H3. The van der Waals surface area contributed by atoms with E-state index in [0.717, 1.165) is 5.69 Å². The molecule has 0 aliphatic heterocycles. The Kier molecular flexibility index (Phi) is 3.82. The van der Waals surface area contributed by atoms with E-state index < -0.39 is 10.0 Å². The van der Waals surface area contributed by atoms with Crippen LogP contribution in [0.15, 0.2) is 64.2 Å². The number of furan rings is 1. The molecule has 0 spiro atoms. The van der Waals surface area contributed by atoms with Gasteiger partial charge in [-0.25, -0.2) is 17.8 Å². The molecule has 1 aromatic carbocycles. The van der Waals surface area contributed by atoms with Crippen molar-refractivity contribution in [2.75, 3.05) is 0 Å². The van der Waals surface area contributed by atoms with Gasteiger partial charge in [0.1, 0.15) is 10.7 Å². The average Bonchev–Trinajstić information content (AvgIpc) is 3.16. The second-order valence-corrected chi connectivity index (χ2v) is 6.50. The molecule has 2 aromatic heterocycles. The van der Waals surface area contributed by atoms with Crippen molar-refractivity contribution in [3.05, 3.63) is 66.4 Å². The minimum Gasteiger partial charge on any atom is -0.468 e. The van der Waals surface area contributed by atoms with E-state index in [1.54, 1.807) is 23.7 Å². The van der Waals surface area contributed by atoms with E-state index in [0.29, 0.717) is 11.5 Å². The first-order valence-corrected chi connectivity index (χ1v) is 8.18. The maximum atomic E-state index is 12.4. The first-order chi connectivity index (χ1) is 10.6. The molecule has 0 saturated heterocycles. The second-order valence-electron chi connectivity index (χ2n) is 4.76. The SMILES string of the molecule is Cc1nn(-c2ccccc2)cc1S(=O)(=O)NCc1ccco1. The van der Waals surface area contributed by atoms with Crippen molar-refractivity contribution >= 4 is 10.0 Å². The molecule has 7 heteroatoms. The number of aryl methyl sites for hydroxylation is 1. The van der Waals surface area contributed by atoms with Gasteiger partial charge < -0.3 is 4.42 Å². The molecule has 0 radical (unpaired) electrons. The van der Waals surface area contributed by atoms with Gasteiger partial charge in [-0.05, 0) is 31.2 Å². The summed E-state index contributed by atoms with van der Waals surface area (Å²) < 4.78 is 34.0. The third-order valence-corrected chi connectivity index (χ3v) is 4.68. The normalized spacial score (nSPS) is 11.7. The molecular weight excluding hydrogens is 302 g/mol. The predicted molar refractivity (Wildman–Crippen MR) is 81.0 cm³/mol. The average molecular weight is 317 g/mol. The molecule has 0 saturated carbocycles. The lowest BCUT2D eigenvalue weighted by Gasteiger charge is -2.03. The Hall–Kier alpha value is -2.38. The van der Waals surface area contributed by atoms with Crippen LogP contribution >= 0.6 is 0 Å². The summed E-state index contributed by atoms with van der Waals surface area (Å²) in [4.78, 5) is 0.155. The van der Waals surface area contributed by atoms with E-state index in [9.17, 15) is 8.42 Å². The van der Waals surface area contributed by atoms with Crippen molar-refractivity contribution in [1.82, 2.24) is 14.5 Å². The minimum absolute atomic E-state index is 0.102. The molecule has 3 aromatic rings. The van der Waals surface area contributed by atoms with Gasteiger partial charge >= 0.3 is 0 Å². The van der Waals surface area contributed by atoms with E-state index in [-0.39, 0.29) is 11.4 Å². The van der Waals surface area contributed by atoms with Crippen LogP contribution in [0.4, 0.5) is 0 Å². The van der Waals surface area contributed by atoms with Crippen LogP contribution in [0.1, 0.15) is 11.5 Å².